The number of methoxy groups -OCH3 is 4. The summed E-state index contributed by atoms with van der Waals surface area (Å²) >= 11 is 0. The molecular formula is C25H33N3O7. The van der Waals surface area contributed by atoms with Crippen molar-refractivity contribution in [1.29, 1.82) is 0 Å². The van der Waals surface area contributed by atoms with Gasteiger partial charge in [-0.1, -0.05) is 0 Å². The van der Waals surface area contributed by atoms with E-state index in [0.29, 0.717) is 53.6 Å². The number of ether oxygens (including phenoxy) is 4. The number of hydrogen-bond donors (Lipinski definition) is 4. The molecule has 2 aromatic carbocycles. The lowest BCUT2D eigenvalue weighted by molar-refractivity contribution is -0.144. The number of carboxylic acids is 1. The quantitative estimate of drug-likeness (QED) is 0.246. The van der Waals surface area contributed by atoms with Crippen LogP contribution in [-0.4, -0.2) is 52.0 Å². The molecule has 10 heteroatoms. The first-order chi connectivity index (χ1) is 16.7. The summed E-state index contributed by atoms with van der Waals surface area (Å²) < 4.78 is 21.4. The molecule has 6 N–H and O–H groups in total. The third-order valence-corrected chi connectivity index (χ3v) is 5.51. The summed E-state index contributed by atoms with van der Waals surface area (Å²) in [5, 5.41) is 12.6. The Hall–Kier alpha value is -3.76. The fourth-order valence-electron chi connectivity index (χ4n) is 3.58. The smallest absolute Gasteiger partial charge is 0.328 e. The molecule has 1 atom stereocenters. The SMILES string of the molecule is COc1cc(OC)c(C=CC(=O)Nc2ccc(OC)c([C@](N)(CCCCN)C(=O)O)c2)c(OC)c1. The predicted molar refractivity (Wildman–Crippen MR) is 133 cm³/mol. The molecule has 0 aliphatic carbocycles. The average molecular weight is 488 g/mol. The van der Waals surface area contributed by atoms with Crippen molar-refractivity contribution in [2.24, 2.45) is 11.5 Å². The number of nitrogens with one attached hydrogen (secondary N) is 1. The number of carbonyl (C=O) groups excluding carboxylic acids is 1. The van der Waals surface area contributed by atoms with Crippen LogP contribution in [0.3, 0.4) is 0 Å². The fourth-order valence-corrected chi connectivity index (χ4v) is 3.58. The van der Waals surface area contributed by atoms with Crippen LogP contribution in [0.25, 0.3) is 6.08 Å². The van der Waals surface area contributed by atoms with E-state index in [1.165, 1.54) is 40.6 Å². The number of unbranched alkanes of at least 4 members (excludes halogenated alkanes) is 1. The number of nitrogens with two attached hydrogens (primary N) is 2. The van der Waals surface area contributed by atoms with Gasteiger partial charge < -0.3 is 40.8 Å². The minimum atomic E-state index is -1.71. The summed E-state index contributed by atoms with van der Waals surface area (Å²) in [6, 6.07) is 8.03. The molecule has 0 unspecified atom stereocenters. The summed E-state index contributed by atoms with van der Waals surface area (Å²) in [6.45, 7) is 0.430. The van der Waals surface area contributed by atoms with Crippen LogP contribution in [0.1, 0.15) is 30.4 Å². The molecule has 0 saturated carbocycles. The van der Waals surface area contributed by atoms with Crippen LogP contribution in [0.4, 0.5) is 5.69 Å². The molecule has 0 heterocycles. The van der Waals surface area contributed by atoms with Crippen molar-refractivity contribution in [3.05, 3.63) is 47.5 Å². The molecule has 0 bridgehead atoms. The van der Waals surface area contributed by atoms with Gasteiger partial charge in [0.15, 0.2) is 0 Å². The van der Waals surface area contributed by atoms with E-state index in [4.69, 9.17) is 30.4 Å². The van der Waals surface area contributed by atoms with Crippen LogP contribution in [-0.2, 0) is 15.1 Å². The van der Waals surface area contributed by atoms with Gasteiger partial charge >= 0.3 is 5.97 Å². The maximum Gasteiger partial charge on any atom is 0.328 e. The topological polar surface area (TPSA) is 155 Å². The molecule has 0 fully saturated rings. The molecule has 10 nitrogen and oxygen atoms in total. The van der Waals surface area contributed by atoms with E-state index in [2.05, 4.69) is 5.32 Å². The third kappa shape index (κ3) is 6.65. The van der Waals surface area contributed by atoms with Crippen LogP contribution >= 0.6 is 0 Å². The van der Waals surface area contributed by atoms with E-state index in [1.807, 2.05) is 0 Å². The number of hydrogen-bond acceptors (Lipinski definition) is 8. The lowest BCUT2D eigenvalue weighted by Gasteiger charge is -2.27. The molecule has 2 rings (SSSR count). The lowest BCUT2D eigenvalue weighted by atomic mass is 9.85. The highest BCUT2D eigenvalue weighted by Crippen LogP contribution is 2.36. The third-order valence-electron chi connectivity index (χ3n) is 5.51. The lowest BCUT2D eigenvalue weighted by Crippen LogP contribution is -2.45. The number of anilines is 1. The van der Waals surface area contributed by atoms with E-state index in [-0.39, 0.29) is 12.0 Å². The van der Waals surface area contributed by atoms with Crippen LogP contribution in [0.5, 0.6) is 23.0 Å². The number of benzene rings is 2. The molecule has 35 heavy (non-hydrogen) atoms. The van der Waals surface area contributed by atoms with Crippen molar-refractivity contribution in [1.82, 2.24) is 0 Å². The summed E-state index contributed by atoms with van der Waals surface area (Å²) in [6.07, 6.45) is 4.17. The molecule has 2 aromatic rings. The van der Waals surface area contributed by atoms with Gasteiger partial charge in [-0.2, -0.15) is 0 Å². The van der Waals surface area contributed by atoms with Crippen LogP contribution in [0.2, 0.25) is 0 Å². The Morgan fingerprint density at radius 2 is 1.60 bits per heavy atom. The Kier molecular flexibility index (Phi) is 9.92. The van der Waals surface area contributed by atoms with E-state index in [1.54, 1.807) is 30.3 Å². The van der Waals surface area contributed by atoms with Gasteiger partial charge in [-0.25, -0.2) is 4.79 Å². The molecule has 190 valence electrons. The molecule has 0 radical (unpaired) electrons. The summed E-state index contributed by atoms with van der Waals surface area (Å²) in [5.74, 6) is 0.120. The van der Waals surface area contributed by atoms with Gasteiger partial charge in [0, 0.05) is 29.5 Å². The van der Waals surface area contributed by atoms with Crippen molar-refractivity contribution in [3.8, 4) is 23.0 Å². The zero-order valence-corrected chi connectivity index (χ0v) is 20.4. The highest BCUT2D eigenvalue weighted by molar-refractivity contribution is 6.02. The summed E-state index contributed by atoms with van der Waals surface area (Å²) in [7, 11) is 5.95. The minimum absolute atomic E-state index is 0.157. The van der Waals surface area contributed by atoms with Gasteiger partial charge in [-0.15, -0.1) is 0 Å². The minimum Gasteiger partial charge on any atom is -0.496 e. The summed E-state index contributed by atoms with van der Waals surface area (Å²) in [5.41, 5.74) is 11.3. The highest BCUT2D eigenvalue weighted by atomic mass is 16.5. The fraction of sp³-hybridized carbons (Fsp3) is 0.360. The molecule has 0 saturated heterocycles. The molecular weight excluding hydrogens is 454 g/mol. The Morgan fingerprint density at radius 3 is 2.11 bits per heavy atom. The molecule has 0 aromatic heterocycles. The van der Waals surface area contributed by atoms with Gasteiger partial charge in [-0.05, 0) is 50.1 Å². The first-order valence-corrected chi connectivity index (χ1v) is 10.9. The van der Waals surface area contributed by atoms with Crippen molar-refractivity contribution in [2.75, 3.05) is 40.3 Å². The number of carboxylic acid groups (broad SMARTS) is 1. The van der Waals surface area contributed by atoms with Gasteiger partial charge in [0.05, 0.1) is 34.0 Å². The van der Waals surface area contributed by atoms with E-state index < -0.39 is 17.4 Å². The van der Waals surface area contributed by atoms with Crippen LogP contribution in [0, 0.1) is 0 Å². The van der Waals surface area contributed by atoms with E-state index in [0.717, 1.165) is 0 Å². The first kappa shape index (κ1) is 27.5. The van der Waals surface area contributed by atoms with Gasteiger partial charge in [0.25, 0.3) is 0 Å². The predicted octanol–water partition coefficient (Wildman–Crippen LogP) is 2.74. The highest BCUT2D eigenvalue weighted by Gasteiger charge is 2.38. The van der Waals surface area contributed by atoms with E-state index in [9.17, 15) is 14.7 Å². The zero-order valence-electron chi connectivity index (χ0n) is 20.4. The standard InChI is InChI=1S/C25H33N3O7/c1-32-17-14-21(34-3)18(22(15-17)35-4)8-10-23(29)28-16-7-9-20(33-2)19(13-16)25(27,24(30)31)11-5-6-12-26/h7-10,13-15H,5-6,11-12,26-27H2,1-4H3,(H,28,29)(H,30,31)/t25-/m1/s1. The Bertz CT molecular complexity index is 1050. The average Bonchev–Trinajstić information content (AvgIpc) is 2.86. The number of amides is 1. The first-order valence-electron chi connectivity index (χ1n) is 10.9. The van der Waals surface area contributed by atoms with Crippen molar-refractivity contribution in [3.63, 3.8) is 0 Å². The molecule has 0 aliphatic rings. The normalized spacial score (nSPS) is 12.6. The second kappa shape index (κ2) is 12.6. The number of carbonyl (C=O) groups is 2. The van der Waals surface area contributed by atoms with Gasteiger partial charge in [0.2, 0.25) is 5.91 Å². The second-order valence-electron chi connectivity index (χ2n) is 7.71. The van der Waals surface area contributed by atoms with E-state index >= 15 is 0 Å². The summed E-state index contributed by atoms with van der Waals surface area (Å²) in [4.78, 5) is 24.8. The molecule has 0 aliphatic heterocycles. The number of aliphatic carboxylic acids is 1. The van der Waals surface area contributed by atoms with Crippen LogP contribution in [0.15, 0.2) is 36.4 Å². The van der Waals surface area contributed by atoms with Gasteiger partial charge in [0.1, 0.15) is 28.5 Å². The van der Waals surface area contributed by atoms with Crippen molar-refractivity contribution < 1.29 is 33.6 Å². The van der Waals surface area contributed by atoms with Crippen molar-refractivity contribution in [2.45, 2.75) is 24.8 Å². The van der Waals surface area contributed by atoms with Crippen molar-refractivity contribution >= 4 is 23.6 Å². The van der Waals surface area contributed by atoms with Gasteiger partial charge in [-0.3, -0.25) is 4.79 Å². The van der Waals surface area contributed by atoms with Crippen LogP contribution < -0.4 is 35.7 Å². The Morgan fingerprint density at radius 1 is 0.971 bits per heavy atom. The monoisotopic (exact) mass is 487 g/mol. The molecule has 1 amide bonds. The maximum absolute atomic E-state index is 12.7. The molecule has 0 spiro atoms. The largest absolute Gasteiger partial charge is 0.496 e. The maximum atomic E-state index is 12.7. The Labute approximate surface area is 204 Å². The second-order valence-corrected chi connectivity index (χ2v) is 7.71. The number of rotatable bonds is 13. The Balaban J connectivity index is 2.34. The zero-order chi connectivity index (χ0) is 26.0.